The van der Waals surface area contributed by atoms with Gasteiger partial charge in [0, 0.05) is 12.8 Å². The second-order valence-corrected chi connectivity index (χ2v) is 11.8. The van der Waals surface area contributed by atoms with Crippen molar-refractivity contribution in [3.05, 3.63) is 65.7 Å². The third-order valence-electron chi connectivity index (χ3n) is 6.25. The molecule has 0 aromatic heterocycles. The van der Waals surface area contributed by atoms with Crippen molar-refractivity contribution in [1.82, 2.24) is 21.3 Å². The maximum absolute atomic E-state index is 13.4. The van der Waals surface area contributed by atoms with E-state index in [-0.39, 0.29) is 30.9 Å². The van der Waals surface area contributed by atoms with E-state index >= 15 is 0 Å². The predicted octanol–water partition coefficient (Wildman–Crippen LogP) is 2.38. The molecular formula is C32H44N4O8. The van der Waals surface area contributed by atoms with Crippen LogP contribution >= 0.6 is 0 Å². The molecule has 4 amide bonds. The molecule has 2 aromatic rings. The molecular weight excluding hydrogens is 568 g/mol. The summed E-state index contributed by atoms with van der Waals surface area (Å²) in [6, 6.07) is 12.2. The maximum Gasteiger partial charge on any atom is 0.408 e. The van der Waals surface area contributed by atoms with Gasteiger partial charge in [-0.1, -0.05) is 56.3 Å². The summed E-state index contributed by atoms with van der Waals surface area (Å²) in [5.74, 6) is -2.46. The van der Waals surface area contributed by atoms with E-state index in [1.54, 1.807) is 32.9 Å². The van der Waals surface area contributed by atoms with E-state index in [2.05, 4.69) is 21.3 Å². The molecule has 0 spiro atoms. The van der Waals surface area contributed by atoms with Gasteiger partial charge in [-0.25, -0.2) is 9.59 Å². The largest absolute Gasteiger partial charge is 0.508 e. The number of ether oxygens (including phenoxy) is 2. The monoisotopic (exact) mass is 612 g/mol. The molecule has 0 bridgehead atoms. The number of carbonyl (C=O) groups excluding carboxylic acids is 5. The number of phenols is 1. The van der Waals surface area contributed by atoms with E-state index in [1.807, 2.05) is 44.2 Å². The minimum absolute atomic E-state index is 0.000258. The Morgan fingerprint density at radius 2 is 1.36 bits per heavy atom. The molecule has 0 fully saturated rings. The van der Waals surface area contributed by atoms with Crippen LogP contribution in [0, 0.1) is 5.92 Å². The van der Waals surface area contributed by atoms with E-state index in [1.165, 1.54) is 19.2 Å². The number of nitrogens with one attached hydrogen (secondary N) is 4. The van der Waals surface area contributed by atoms with Gasteiger partial charge in [-0.15, -0.1) is 0 Å². The normalized spacial score (nSPS) is 13.2. The van der Waals surface area contributed by atoms with Crippen LogP contribution in [0.5, 0.6) is 5.75 Å². The summed E-state index contributed by atoms with van der Waals surface area (Å²) in [5, 5.41) is 19.9. The Bertz CT molecular complexity index is 1260. The lowest BCUT2D eigenvalue weighted by molar-refractivity contribution is -0.145. The van der Waals surface area contributed by atoms with Crippen LogP contribution < -0.4 is 21.3 Å². The Kier molecular flexibility index (Phi) is 13.7. The minimum Gasteiger partial charge on any atom is -0.508 e. The Labute approximate surface area is 258 Å². The van der Waals surface area contributed by atoms with Gasteiger partial charge in [0.2, 0.25) is 17.7 Å². The van der Waals surface area contributed by atoms with Crippen LogP contribution in [0.3, 0.4) is 0 Å². The summed E-state index contributed by atoms with van der Waals surface area (Å²) in [4.78, 5) is 64.2. The number of alkyl carbamates (subject to hydrolysis) is 1. The fourth-order valence-electron chi connectivity index (χ4n) is 4.22. The maximum atomic E-state index is 13.4. The molecule has 0 unspecified atom stereocenters. The van der Waals surface area contributed by atoms with Crippen molar-refractivity contribution in [2.75, 3.05) is 13.7 Å². The van der Waals surface area contributed by atoms with Crippen molar-refractivity contribution in [3.8, 4) is 5.75 Å². The van der Waals surface area contributed by atoms with Crippen LogP contribution in [0.25, 0.3) is 0 Å². The van der Waals surface area contributed by atoms with E-state index < -0.39 is 60.1 Å². The van der Waals surface area contributed by atoms with Crippen molar-refractivity contribution in [3.63, 3.8) is 0 Å². The molecule has 0 aliphatic heterocycles. The van der Waals surface area contributed by atoms with Crippen molar-refractivity contribution in [1.29, 1.82) is 0 Å². The molecule has 44 heavy (non-hydrogen) atoms. The van der Waals surface area contributed by atoms with Crippen LogP contribution in [0.4, 0.5) is 4.79 Å². The first-order valence-corrected chi connectivity index (χ1v) is 14.4. The van der Waals surface area contributed by atoms with E-state index in [4.69, 9.17) is 9.47 Å². The number of rotatable bonds is 14. The molecule has 0 heterocycles. The second kappa shape index (κ2) is 16.9. The molecule has 0 aliphatic carbocycles. The van der Waals surface area contributed by atoms with Crippen molar-refractivity contribution in [2.45, 2.75) is 77.6 Å². The van der Waals surface area contributed by atoms with E-state index in [9.17, 15) is 29.1 Å². The van der Waals surface area contributed by atoms with Gasteiger partial charge in [0.1, 0.15) is 29.5 Å². The molecule has 12 nitrogen and oxygen atoms in total. The van der Waals surface area contributed by atoms with Crippen molar-refractivity contribution in [2.24, 2.45) is 5.92 Å². The van der Waals surface area contributed by atoms with Gasteiger partial charge < -0.3 is 35.8 Å². The van der Waals surface area contributed by atoms with Crippen molar-refractivity contribution >= 4 is 29.8 Å². The molecule has 0 aliphatic rings. The van der Waals surface area contributed by atoms with Crippen molar-refractivity contribution < 1.29 is 38.6 Å². The van der Waals surface area contributed by atoms with Crippen LogP contribution in [0.15, 0.2) is 54.6 Å². The Morgan fingerprint density at radius 1 is 0.773 bits per heavy atom. The van der Waals surface area contributed by atoms with Gasteiger partial charge in [0.05, 0.1) is 13.7 Å². The average Bonchev–Trinajstić information content (AvgIpc) is 2.94. The first-order chi connectivity index (χ1) is 20.7. The number of benzene rings is 2. The highest BCUT2D eigenvalue weighted by molar-refractivity contribution is 5.93. The number of hydrogen-bond donors (Lipinski definition) is 5. The highest BCUT2D eigenvalue weighted by Crippen LogP contribution is 2.13. The van der Waals surface area contributed by atoms with Gasteiger partial charge in [0.25, 0.3) is 0 Å². The lowest BCUT2D eigenvalue weighted by atomic mass is 10.0. The molecule has 2 rings (SSSR count). The van der Waals surface area contributed by atoms with Gasteiger partial charge in [-0.3, -0.25) is 14.4 Å². The zero-order valence-electron chi connectivity index (χ0n) is 26.1. The minimum atomic E-state index is -1.04. The molecule has 12 heteroatoms. The first kappa shape index (κ1) is 35.6. The van der Waals surface area contributed by atoms with Crippen LogP contribution in [0.2, 0.25) is 0 Å². The number of hydrogen-bond acceptors (Lipinski definition) is 8. The number of esters is 1. The van der Waals surface area contributed by atoms with Gasteiger partial charge >= 0.3 is 12.1 Å². The summed E-state index contributed by atoms with van der Waals surface area (Å²) in [6.07, 6.45) is -0.260. The predicted molar refractivity (Wildman–Crippen MR) is 163 cm³/mol. The summed E-state index contributed by atoms with van der Waals surface area (Å²) in [5.41, 5.74) is 0.681. The topological polar surface area (TPSA) is 172 Å². The number of methoxy groups -OCH3 is 1. The lowest BCUT2D eigenvalue weighted by Crippen LogP contribution is -2.56. The summed E-state index contributed by atoms with van der Waals surface area (Å²) in [6.45, 7) is 8.42. The zero-order valence-corrected chi connectivity index (χ0v) is 26.1. The standard InChI is InChI=1S/C32H44N4O8/c1-20(2)16-24(35-29(40)25(17-21-10-8-7-9-11-21)36-31(42)44-32(3,4)5)28(39)33-19-27(38)34-26(30(41)43-6)18-22-12-14-23(37)15-13-22/h7-15,20,24-26,37H,16-19H2,1-6H3,(H,33,39)(H,34,38)(H,35,40)(H,36,42)/t24-,25-,26-/m0/s1. The number of carbonyl (C=O) groups is 5. The third-order valence-corrected chi connectivity index (χ3v) is 6.25. The van der Waals surface area contributed by atoms with Crippen LogP contribution in [0.1, 0.15) is 52.2 Å². The Balaban J connectivity index is 2.09. The smallest absolute Gasteiger partial charge is 0.408 e. The summed E-state index contributed by atoms with van der Waals surface area (Å²) >= 11 is 0. The zero-order chi connectivity index (χ0) is 32.9. The Hall–Kier alpha value is -4.61. The highest BCUT2D eigenvalue weighted by atomic mass is 16.6. The van der Waals surface area contributed by atoms with Gasteiger partial charge in [-0.05, 0) is 56.4 Å². The molecule has 3 atom stereocenters. The average molecular weight is 613 g/mol. The Morgan fingerprint density at radius 3 is 1.93 bits per heavy atom. The fourth-order valence-corrected chi connectivity index (χ4v) is 4.22. The first-order valence-electron chi connectivity index (χ1n) is 14.4. The summed E-state index contributed by atoms with van der Waals surface area (Å²) < 4.78 is 10.1. The van der Waals surface area contributed by atoms with E-state index in [0.29, 0.717) is 5.56 Å². The lowest BCUT2D eigenvalue weighted by Gasteiger charge is -2.26. The molecule has 0 radical (unpaired) electrons. The molecule has 5 N–H and O–H groups in total. The highest BCUT2D eigenvalue weighted by Gasteiger charge is 2.30. The quantitative estimate of drug-likeness (QED) is 0.202. The third kappa shape index (κ3) is 13.1. The van der Waals surface area contributed by atoms with Gasteiger partial charge in [-0.2, -0.15) is 0 Å². The molecule has 0 saturated carbocycles. The SMILES string of the molecule is COC(=O)[C@H](Cc1ccc(O)cc1)NC(=O)CNC(=O)[C@H](CC(C)C)NC(=O)[C@H](Cc1ccccc1)NC(=O)OC(C)(C)C. The second-order valence-electron chi connectivity index (χ2n) is 11.8. The molecule has 240 valence electrons. The van der Waals surface area contributed by atoms with E-state index in [0.717, 1.165) is 5.56 Å². The fraction of sp³-hybridized carbons (Fsp3) is 0.469. The molecule has 2 aromatic carbocycles. The summed E-state index contributed by atoms with van der Waals surface area (Å²) in [7, 11) is 1.20. The van der Waals surface area contributed by atoms with Gasteiger partial charge in [0.15, 0.2) is 0 Å². The number of aromatic hydroxyl groups is 1. The number of amides is 4. The van der Waals surface area contributed by atoms with Crippen LogP contribution in [-0.2, 0) is 41.5 Å². The number of phenolic OH excluding ortho intramolecular Hbond substituents is 1. The molecule has 0 saturated heterocycles. The van der Waals surface area contributed by atoms with Crippen LogP contribution in [-0.4, -0.2) is 72.3 Å².